The van der Waals surface area contributed by atoms with Crippen molar-refractivity contribution in [2.75, 3.05) is 11.9 Å². The highest BCUT2D eigenvalue weighted by Crippen LogP contribution is 2.24. The second-order valence-corrected chi connectivity index (χ2v) is 6.48. The van der Waals surface area contributed by atoms with E-state index < -0.39 is 0 Å². The van der Waals surface area contributed by atoms with E-state index >= 15 is 0 Å². The molecule has 0 bridgehead atoms. The third-order valence-corrected chi connectivity index (χ3v) is 3.92. The summed E-state index contributed by atoms with van der Waals surface area (Å²) in [6.45, 7) is 8.12. The average molecular weight is 304 g/mol. The number of aryl methyl sites for hydroxylation is 1. The van der Waals surface area contributed by atoms with Crippen molar-refractivity contribution in [3.8, 4) is 0 Å². The summed E-state index contributed by atoms with van der Waals surface area (Å²) in [5, 5.41) is 5.82. The van der Waals surface area contributed by atoms with Crippen LogP contribution in [0.15, 0.2) is 18.2 Å². The molecule has 0 aromatic heterocycles. The third-order valence-electron chi connectivity index (χ3n) is 3.92. The van der Waals surface area contributed by atoms with E-state index in [4.69, 9.17) is 4.74 Å². The molecule has 120 valence electrons. The number of ketones is 1. The zero-order chi connectivity index (χ0) is 16.3. The quantitative estimate of drug-likeness (QED) is 0.842. The molecule has 0 saturated carbocycles. The van der Waals surface area contributed by atoms with E-state index in [1.54, 1.807) is 12.1 Å². The van der Waals surface area contributed by atoms with Crippen LogP contribution >= 0.6 is 0 Å². The van der Waals surface area contributed by atoms with Gasteiger partial charge < -0.3 is 15.4 Å². The lowest BCUT2D eigenvalue weighted by atomic mass is 9.94. The van der Waals surface area contributed by atoms with Gasteiger partial charge in [0.15, 0.2) is 5.78 Å². The van der Waals surface area contributed by atoms with Crippen molar-refractivity contribution in [2.45, 2.75) is 52.2 Å². The van der Waals surface area contributed by atoms with Crippen LogP contribution in [0.4, 0.5) is 10.5 Å². The van der Waals surface area contributed by atoms with Crippen LogP contribution in [0.25, 0.3) is 0 Å². The molecule has 2 rings (SSSR count). The van der Waals surface area contributed by atoms with E-state index in [1.807, 2.05) is 26.8 Å². The van der Waals surface area contributed by atoms with E-state index in [-0.39, 0.29) is 23.5 Å². The van der Waals surface area contributed by atoms with Crippen molar-refractivity contribution in [1.82, 2.24) is 5.32 Å². The number of anilines is 1. The molecule has 1 unspecified atom stereocenters. The molecule has 1 atom stereocenters. The summed E-state index contributed by atoms with van der Waals surface area (Å²) in [6.07, 6.45) is 1.59. The molecule has 2 amide bonds. The van der Waals surface area contributed by atoms with Crippen molar-refractivity contribution in [1.29, 1.82) is 0 Å². The number of carbonyl (C=O) groups is 2. The lowest BCUT2D eigenvalue weighted by Gasteiger charge is -2.35. The maximum atomic E-state index is 12.2. The van der Waals surface area contributed by atoms with E-state index in [0.29, 0.717) is 17.9 Å². The SMILES string of the molecule is CC(=O)c1ccc(C)c(NC(=O)NC2CCOC(C)(C)C2)c1. The number of amides is 2. The van der Waals surface area contributed by atoms with Crippen LogP contribution in [0.3, 0.4) is 0 Å². The van der Waals surface area contributed by atoms with Gasteiger partial charge in [-0.3, -0.25) is 4.79 Å². The highest BCUT2D eigenvalue weighted by Gasteiger charge is 2.29. The first-order valence-corrected chi connectivity index (χ1v) is 7.60. The maximum Gasteiger partial charge on any atom is 0.319 e. The van der Waals surface area contributed by atoms with E-state index in [9.17, 15) is 9.59 Å². The highest BCUT2D eigenvalue weighted by molar-refractivity contribution is 5.97. The van der Waals surface area contributed by atoms with Crippen LogP contribution in [0, 0.1) is 6.92 Å². The highest BCUT2D eigenvalue weighted by atomic mass is 16.5. The largest absolute Gasteiger partial charge is 0.375 e. The normalized spacial score (nSPS) is 20.3. The fraction of sp³-hybridized carbons (Fsp3) is 0.529. The first-order valence-electron chi connectivity index (χ1n) is 7.60. The minimum absolute atomic E-state index is 0.0189. The third kappa shape index (κ3) is 4.31. The molecule has 1 aliphatic heterocycles. The summed E-state index contributed by atoms with van der Waals surface area (Å²) < 4.78 is 5.65. The summed E-state index contributed by atoms with van der Waals surface area (Å²) in [5.41, 5.74) is 1.97. The molecule has 0 spiro atoms. The van der Waals surface area contributed by atoms with Crippen LogP contribution in [-0.2, 0) is 4.74 Å². The maximum absolute atomic E-state index is 12.2. The van der Waals surface area contributed by atoms with Crippen molar-refractivity contribution >= 4 is 17.5 Å². The van der Waals surface area contributed by atoms with Crippen molar-refractivity contribution < 1.29 is 14.3 Å². The molecule has 1 fully saturated rings. The fourth-order valence-electron chi connectivity index (χ4n) is 2.67. The zero-order valence-corrected chi connectivity index (χ0v) is 13.7. The number of ether oxygens (including phenoxy) is 1. The van der Waals surface area contributed by atoms with Gasteiger partial charge in [0.1, 0.15) is 0 Å². The Hall–Kier alpha value is -1.88. The van der Waals surface area contributed by atoms with Gasteiger partial charge in [-0.15, -0.1) is 0 Å². The first-order chi connectivity index (χ1) is 10.3. The summed E-state index contributed by atoms with van der Waals surface area (Å²) in [7, 11) is 0. The van der Waals surface area contributed by atoms with Gasteiger partial charge in [0.05, 0.1) is 5.60 Å². The molecule has 1 aromatic rings. The van der Waals surface area contributed by atoms with Crippen molar-refractivity contribution in [3.63, 3.8) is 0 Å². The van der Waals surface area contributed by atoms with E-state index in [0.717, 1.165) is 18.4 Å². The molecule has 2 N–H and O–H groups in total. The number of urea groups is 1. The second kappa shape index (κ2) is 6.48. The summed E-state index contributed by atoms with van der Waals surface area (Å²) in [6, 6.07) is 5.17. The number of hydrogen-bond acceptors (Lipinski definition) is 3. The summed E-state index contributed by atoms with van der Waals surface area (Å²) >= 11 is 0. The lowest BCUT2D eigenvalue weighted by Crippen LogP contribution is -2.47. The lowest BCUT2D eigenvalue weighted by molar-refractivity contribution is -0.0609. The van der Waals surface area contributed by atoms with E-state index in [2.05, 4.69) is 10.6 Å². The number of rotatable bonds is 3. The van der Waals surface area contributed by atoms with Gasteiger partial charge in [-0.25, -0.2) is 4.79 Å². The standard InChI is InChI=1S/C17H24N2O3/c1-11-5-6-13(12(2)20)9-15(11)19-16(21)18-14-7-8-22-17(3,4)10-14/h5-6,9,14H,7-8,10H2,1-4H3,(H2,18,19,21). The average Bonchev–Trinajstić information content (AvgIpc) is 2.39. The van der Waals surface area contributed by atoms with Gasteiger partial charge in [-0.1, -0.05) is 12.1 Å². The Labute approximate surface area is 131 Å². The van der Waals surface area contributed by atoms with Gasteiger partial charge >= 0.3 is 6.03 Å². The molecule has 1 heterocycles. The van der Waals surface area contributed by atoms with Gasteiger partial charge in [-0.05, 0) is 52.2 Å². The predicted molar refractivity (Wildman–Crippen MR) is 86.4 cm³/mol. The van der Waals surface area contributed by atoms with Gasteiger partial charge in [0.2, 0.25) is 0 Å². The van der Waals surface area contributed by atoms with Crippen LogP contribution in [0.1, 0.15) is 49.5 Å². The topological polar surface area (TPSA) is 67.4 Å². The fourth-order valence-corrected chi connectivity index (χ4v) is 2.67. The van der Waals surface area contributed by atoms with E-state index in [1.165, 1.54) is 6.92 Å². The van der Waals surface area contributed by atoms with Gasteiger partial charge in [-0.2, -0.15) is 0 Å². The summed E-state index contributed by atoms with van der Waals surface area (Å²) in [4.78, 5) is 23.6. The Kier molecular flexibility index (Phi) is 4.86. The molecule has 5 nitrogen and oxygen atoms in total. The number of hydrogen-bond donors (Lipinski definition) is 2. The number of Topliss-reactive ketones (excluding diaryl/α,β-unsaturated/α-hetero) is 1. The van der Waals surface area contributed by atoms with Crippen molar-refractivity contribution in [2.24, 2.45) is 0 Å². The van der Waals surface area contributed by atoms with Gasteiger partial charge in [0, 0.05) is 23.9 Å². The molecule has 22 heavy (non-hydrogen) atoms. The molecular formula is C17H24N2O3. The Morgan fingerprint density at radius 2 is 2.05 bits per heavy atom. The number of nitrogens with one attached hydrogen (secondary N) is 2. The zero-order valence-electron chi connectivity index (χ0n) is 13.7. The molecule has 0 radical (unpaired) electrons. The first kappa shape index (κ1) is 16.5. The molecule has 1 aliphatic rings. The Morgan fingerprint density at radius 3 is 2.68 bits per heavy atom. The molecule has 1 aromatic carbocycles. The monoisotopic (exact) mass is 304 g/mol. The Balaban J connectivity index is 2.00. The molecule has 1 saturated heterocycles. The molecular weight excluding hydrogens is 280 g/mol. The minimum atomic E-state index is -0.244. The molecule has 0 aliphatic carbocycles. The van der Waals surface area contributed by atoms with Crippen LogP contribution < -0.4 is 10.6 Å². The van der Waals surface area contributed by atoms with Crippen LogP contribution in [0.5, 0.6) is 0 Å². The number of benzene rings is 1. The van der Waals surface area contributed by atoms with Crippen LogP contribution in [0.2, 0.25) is 0 Å². The minimum Gasteiger partial charge on any atom is -0.375 e. The predicted octanol–water partition coefficient (Wildman–Crippen LogP) is 3.28. The Morgan fingerprint density at radius 1 is 1.32 bits per heavy atom. The smallest absolute Gasteiger partial charge is 0.319 e. The van der Waals surface area contributed by atoms with Gasteiger partial charge in [0.25, 0.3) is 0 Å². The number of carbonyl (C=O) groups excluding carboxylic acids is 2. The molecule has 5 heteroatoms. The van der Waals surface area contributed by atoms with Crippen molar-refractivity contribution in [3.05, 3.63) is 29.3 Å². The van der Waals surface area contributed by atoms with Crippen LogP contribution in [-0.4, -0.2) is 30.1 Å². The Bertz CT molecular complexity index is 581. The summed E-state index contributed by atoms with van der Waals surface area (Å²) in [5.74, 6) is -0.0189. The second-order valence-electron chi connectivity index (χ2n) is 6.48.